The van der Waals surface area contributed by atoms with Crippen LogP contribution >= 0.6 is 11.6 Å². The number of aryl methyl sites for hydroxylation is 1. The van der Waals surface area contributed by atoms with Gasteiger partial charge in [0.1, 0.15) is 0 Å². The van der Waals surface area contributed by atoms with Crippen LogP contribution in [0.3, 0.4) is 0 Å². The van der Waals surface area contributed by atoms with Crippen LogP contribution < -0.4 is 15.4 Å². The van der Waals surface area contributed by atoms with Crippen molar-refractivity contribution < 1.29 is 13.2 Å². The molecule has 3 aliphatic rings. The van der Waals surface area contributed by atoms with Gasteiger partial charge in [0.05, 0.1) is 16.6 Å². The predicted molar refractivity (Wildman–Crippen MR) is 168 cm³/mol. The Balaban J connectivity index is 1.10. The van der Waals surface area contributed by atoms with Gasteiger partial charge in [0, 0.05) is 22.0 Å². The average molecular weight is 598 g/mol. The molecule has 0 radical (unpaired) electrons. The van der Waals surface area contributed by atoms with Crippen molar-refractivity contribution in [3.63, 3.8) is 0 Å². The van der Waals surface area contributed by atoms with Crippen LogP contribution in [0.1, 0.15) is 58.3 Å². The highest BCUT2D eigenvalue weighted by atomic mass is 35.5. The molecule has 0 unspecified atom stereocenters. The molecule has 8 heteroatoms. The standard InChI is InChI=1S/C34H32ClN3O3S/c1-20-7-11-25(35)19-30(20)38-42(40,41)27-14-12-26(13-15-27)36-34(39)24-10-16-29-28(18-24)31-22-8-9-23(17-22)32(31)33(37-29)21-5-3-2-4-6-21/h2-7,10-16,18-19,22-23,31-33,37-38H,8-9,17H2,1H3,(H,36,39)/t22-,23-,31-,32-,33+/m0/s1. The number of halogens is 1. The molecule has 5 atom stereocenters. The largest absolute Gasteiger partial charge is 0.378 e. The normalized spacial score (nSPS) is 23.9. The summed E-state index contributed by atoms with van der Waals surface area (Å²) in [6.07, 6.45) is 3.80. The van der Waals surface area contributed by atoms with Crippen molar-refractivity contribution in [2.45, 2.75) is 43.0 Å². The van der Waals surface area contributed by atoms with Crippen LogP contribution in [-0.4, -0.2) is 14.3 Å². The quantitative estimate of drug-likeness (QED) is 0.210. The summed E-state index contributed by atoms with van der Waals surface area (Å²) < 4.78 is 28.5. The van der Waals surface area contributed by atoms with Crippen LogP contribution in [0.5, 0.6) is 0 Å². The smallest absolute Gasteiger partial charge is 0.261 e. The molecule has 0 aromatic heterocycles. The summed E-state index contributed by atoms with van der Waals surface area (Å²) in [6, 6.07) is 28.2. The number of nitrogens with one attached hydrogen (secondary N) is 3. The van der Waals surface area contributed by atoms with E-state index in [1.54, 1.807) is 30.3 Å². The summed E-state index contributed by atoms with van der Waals surface area (Å²) in [6.45, 7) is 1.81. The number of anilines is 3. The molecule has 1 amide bonds. The number of carbonyl (C=O) groups excluding carboxylic acids is 1. The second-order valence-electron chi connectivity index (χ2n) is 11.8. The Hall–Kier alpha value is -3.81. The fraction of sp³-hybridized carbons (Fsp3) is 0.265. The van der Waals surface area contributed by atoms with Crippen LogP contribution in [-0.2, 0) is 10.0 Å². The van der Waals surface area contributed by atoms with E-state index in [1.165, 1.54) is 42.5 Å². The first kappa shape index (κ1) is 27.0. The summed E-state index contributed by atoms with van der Waals surface area (Å²) in [4.78, 5) is 13.4. The molecule has 2 fully saturated rings. The van der Waals surface area contributed by atoms with Crippen LogP contribution in [0.2, 0.25) is 5.02 Å². The number of sulfonamides is 1. The molecular weight excluding hydrogens is 566 g/mol. The summed E-state index contributed by atoms with van der Waals surface area (Å²) in [5.41, 5.74) is 6.01. The molecule has 4 aromatic carbocycles. The number of hydrogen-bond acceptors (Lipinski definition) is 4. The van der Waals surface area contributed by atoms with E-state index in [9.17, 15) is 13.2 Å². The molecule has 3 N–H and O–H groups in total. The first-order valence-corrected chi connectivity index (χ1v) is 16.3. The molecule has 2 saturated carbocycles. The van der Waals surface area contributed by atoms with Gasteiger partial charge in [0.2, 0.25) is 0 Å². The van der Waals surface area contributed by atoms with Crippen LogP contribution in [0.25, 0.3) is 0 Å². The molecule has 42 heavy (non-hydrogen) atoms. The number of fused-ring (bicyclic) bond motifs is 7. The summed E-state index contributed by atoms with van der Waals surface area (Å²) >= 11 is 6.05. The van der Waals surface area contributed by atoms with Crippen molar-refractivity contribution in [1.29, 1.82) is 0 Å². The lowest BCUT2D eigenvalue weighted by Gasteiger charge is -2.43. The van der Waals surface area contributed by atoms with Gasteiger partial charge in [-0.05, 0) is 121 Å². The van der Waals surface area contributed by atoms with Gasteiger partial charge < -0.3 is 10.6 Å². The highest BCUT2D eigenvalue weighted by molar-refractivity contribution is 7.92. The van der Waals surface area contributed by atoms with E-state index in [-0.39, 0.29) is 16.8 Å². The Labute approximate surface area is 251 Å². The van der Waals surface area contributed by atoms with Crippen molar-refractivity contribution in [2.75, 3.05) is 15.4 Å². The van der Waals surface area contributed by atoms with E-state index in [1.807, 2.05) is 19.1 Å². The Morgan fingerprint density at radius 3 is 2.45 bits per heavy atom. The van der Waals surface area contributed by atoms with Crippen molar-refractivity contribution >= 4 is 44.6 Å². The molecule has 214 valence electrons. The Kier molecular flexibility index (Phi) is 6.75. The lowest BCUT2D eigenvalue weighted by molar-refractivity contribution is 0.102. The first-order valence-electron chi connectivity index (χ1n) is 14.4. The second-order valence-corrected chi connectivity index (χ2v) is 13.9. The minimum absolute atomic E-state index is 0.0926. The SMILES string of the molecule is Cc1ccc(Cl)cc1NS(=O)(=O)c1ccc(NC(=O)c2ccc3c(c2)[C@@H]2[C@H]4CC[C@@H](C4)[C@@H]2[C@@H](c2ccccc2)N3)cc1. The third-order valence-corrected chi connectivity index (χ3v) is 11.0. The van der Waals surface area contributed by atoms with Crippen LogP contribution in [0.15, 0.2) is 95.9 Å². The van der Waals surface area contributed by atoms with E-state index in [2.05, 4.69) is 51.8 Å². The third kappa shape index (κ3) is 4.84. The number of hydrogen-bond donors (Lipinski definition) is 3. The Bertz CT molecular complexity index is 1780. The fourth-order valence-electron chi connectivity index (χ4n) is 7.45. The lowest BCUT2D eigenvalue weighted by Crippen LogP contribution is -2.35. The zero-order valence-electron chi connectivity index (χ0n) is 23.2. The second kappa shape index (κ2) is 10.5. The number of benzene rings is 4. The fourth-order valence-corrected chi connectivity index (χ4v) is 8.74. The molecule has 7 rings (SSSR count). The summed E-state index contributed by atoms with van der Waals surface area (Å²) in [7, 11) is -3.83. The van der Waals surface area contributed by atoms with Crippen LogP contribution in [0, 0.1) is 24.7 Å². The van der Waals surface area contributed by atoms with E-state index >= 15 is 0 Å². The first-order chi connectivity index (χ1) is 20.3. The van der Waals surface area contributed by atoms with Crippen molar-refractivity contribution in [3.8, 4) is 0 Å². The number of carbonyl (C=O) groups is 1. The zero-order chi connectivity index (χ0) is 29.0. The summed E-state index contributed by atoms with van der Waals surface area (Å²) in [5, 5.41) is 7.22. The van der Waals surface area contributed by atoms with Gasteiger partial charge in [0.15, 0.2) is 0 Å². The third-order valence-electron chi connectivity index (χ3n) is 9.37. The van der Waals surface area contributed by atoms with Crippen LogP contribution in [0.4, 0.5) is 17.1 Å². The van der Waals surface area contributed by atoms with E-state index in [4.69, 9.17) is 11.6 Å². The van der Waals surface area contributed by atoms with E-state index < -0.39 is 10.0 Å². The van der Waals surface area contributed by atoms with Gasteiger partial charge in [-0.2, -0.15) is 0 Å². The molecule has 1 heterocycles. The minimum Gasteiger partial charge on any atom is -0.378 e. The molecule has 0 spiro atoms. The maximum absolute atomic E-state index is 13.4. The van der Waals surface area contributed by atoms with Crippen molar-refractivity contribution in [2.24, 2.45) is 17.8 Å². The zero-order valence-corrected chi connectivity index (χ0v) is 24.8. The maximum atomic E-state index is 13.4. The molecule has 0 saturated heterocycles. The van der Waals surface area contributed by atoms with Crippen molar-refractivity contribution in [1.82, 2.24) is 0 Å². The number of amides is 1. The molecule has 1 aliphatic heterocycles. The highest BCUT2D eigenvalue weighted by Gasteiger charge is 2.53. The average Bonchev–Trinajstić information content (AvgIpc) is 3.62. The van der Waals surface area contributed by atoms with Gasteiger partial charge in [-0.25, -0.2) is 8.42 Å². The Morgan fingerprint density at radius 1 is 0.905 bits per heavy atom. The van der Waals surface area contributed by atoms with E-state index in [0.29, 0.717) is 45.6 Å². The van der Waals surface area contributed by atoms with Gasteiger partial charge in [-0.15, -0.1) is 0 Å². The highest BCUT2D eigenvalue weighted by Crippen LogP contribution is 2.63. The van der Waals surface area contributed by atoms with Gasteiger partial charge in [-0.3, -0.25) is 9.52 Å². The topological polar surface area (TPSA) is 87.3 Å². The monoisotopic (exact) mass is 597 g/mol. The van der Waals surface area contributed by atoms with Crippen molar-refractivity contribution in [3.05, 3.63) is 118 Å². The van der Waals surface area contributed by atoms with E-state index in [0.717, 1.165) is 11.3 Å². The maximum Gasteiger partial charge on any atom is 0.261 e. The van der Waals surface area contributed by atoms with Gasteiger partial charge in [0.25, 0.3) is 15.9 Å². The van der Waals surface area contributed by atoms with Gasteiger partial charge in [-0.1, -0.05) is 48.0 Å². The lowest BCUT2D eigenvalue weighted by atomic mass is 9.68. The summed E-state index contributed by atoms with van der Waals surface area (Å²) in [5.74, 6) is 2.11. The molecular formula is C34H32ClN3O3S. The number of rotatable bonds is 6. The Morgan fingerprint density at radius 2 is 1.67 bits per heavy atom. The van der Waals surface area contributed by atoms with Gasteiger partial charge >= 0.3 is 0 Å². The predicted octanol–water partition coefficient (Wildman–Crippen LogP) is 8.00. The molecule has 2 aliphatic carbocycles. The molecule has 4 aromatic rings. The molecule has 6 nitrogen and oxygen atoms in total. The minimum atomic E-state index is -3.83. The molecule has 2 bridgehead atoms.